The van der Waals surface area contributed by atoms with E-state index in [-0.39, 0.29) is 17.0 Å². The van der Waals surface area contributed by atoms with Gasteiger partial charge >= 0.3 is 0 Å². The average Bonchev–Trinajstić information content (AvgIpc) is 2.19. The molecule has 2 N–H and O–H groups in total. The molecule has 0 unspecified atom stereocenters. The number of aromatic nitrogens is 1. The summed E-state index contributed by atoms with van der Waals surface area (Å²) in [6.07, 6.45) is 7.73. The number of primary amides is 1. The van der Waals surface area contributed by atoms with E-state index in [2.05, 4.69) is 15.9 Å². The maximum absolute atomic E-state index is 10.8. The molecule has 0 atom stereocenters. The number of pyridine rings is 1. The van der Waals surface area contributed by atoms with E-state index < -0.39 is 5.91 Å². The Morgan fingerprint density at radius 3 is 2.47 bits per heavy atom. The van der Waals surface area contributed by atoms with Crippen LogP contribution in [0.4, 0.5) is 0 Å². The molecule has 0 bridgehead atoms. The third kappa shape index (κ3) is 5.09. The molecule has 1 aromatic rings. The van der Waals surface area contributed by atoms with Gasteiger partial charge in [0.25, 0.3) is 0 Å². The van der Waals surface area contributed by atoms with Crippen LogP contribution < -0.4 is 27.3 Å². The zero-order chi connectivity index (χ0) is 10.4. The summed E-state index contributed by atoms with van der Waals surface area (Å²) in [5.41, 5.74) is 5.65. The molecule has 0 fully saturated rings. The van der Waals surface area contributed by atoms with Crippen molar-refractivity contribution in [3.8, 4) is 0 Å². The van der Waals surface area contributed by atoms with Gasteiger partial charge in [-0.25, -0.2) is 4.57 Å². The summed E-state index contributed by atoms with van der Waals surface area (Å²) in [6, 6.07) is 3.43. The van der Waals surface area contributed by atoms with Crippen molar-refractivity contribution in [1.29, 1.82) is 0 Å². The lowest BCUT2D eigenvalue weighted by atomic mass is 10.2. The van der Waals surface area contributed by atoms with Crippen molar-refractivity contribution in [2.45, 2.75) is 6.54 Å². The molecule has 82 valence electrons. The van der Waals surface area contributed by atoms with Crippen LogP contribution in [0, 0.1) is 0 Å². The van der Waals surface area contributed by atoms with Gasteiger partial charge in [0, 0.05) is 17.5 Å². The molecule has 0 saturated heterocycles. The van der Waals surface area contributed by atoms with Gasteiger partial charge in [0.1, 0.15) is 0 Å². The number of halogens is 2. The molecule has 0 aromatic carbocycles. The van der Waals surface area contributed by atoms with E-state index in [0.717, 1.165) is 11.9 Å². The molecule has 1 rings (SSSR count). The maximum Gasteiger partial charge on any atom is 0.249 e. The van der Waals surface area contributed by atoms with Crippen LogP contribution in [0.15, 0.2) is 36.7 Å². The van der Waals surface area contributed by atoms with Crippen molar-refractivity contribution < 1.29 is 26.3 Å². The van der Waals surface area contributed by atoms with E-state index in [1.165, 1.54) is 0 Å². The molecule has 0 aliphatic carbocycles. The first-order valence-electron chi connectivity index (χ1n) is 4.24. The van der Waals surface area contributed by atoms with Crippen LogP contribution in [0.5, 0.6) is 0 Å². The molecule has 5 heteroatoms. The van der Waals surface area contributed by atoms with Crippen LogP contribution in [0.2, 0.25) is 0 Å². The lowest BCUT2D eigenvalue weighted by Crippen LogP contribution is -3.00. The molecule has 15 heavy (non-hydrogen) atoms. The molecular weight excluding hydrogens is 324 g/mol. The van der Waals surface area contributed by atoms with Crippen molar-refractivity contribution in [2.75, 3.05) is 5.33 Å². The number of nitrogens with zero attached hydrogens (tertiary/aromatic N) is 1. The third-order valence-corrected chi connectivity index (χ3v) is 2.12. The molecule has 0 spiro atoms. The summed E-state index contributed by atoms with van der Waals surface area (Å²) in [5, 5.41) is 0.854. The Bertz CT molecular complexity index is 336. The second-order valence-corrected chi connectivity index (χ2v) is 3.42. The zero-order valence-corrected chi connectivity index (χ0v) is 11.2. The number of rotatable bonds is 4. The Hall–Kier alpha value is -0.680. The van der Waals surface area contributed by atoms with Crippen LogP contribution in [-0.2, 0) is 6.54 Å². The highest BCUT2D eigenvalue weighted by molar-refractivity contribution is 9.09. The number of nitrogens with two attached hydrogens (primary N) is 1. The summed E-state index contributed by atoms with van der Waals surface area (Å²) in [5.74, 6) is -0.395. The molecule has 0 aliphatic heterocycles. The van der Waals surface area contributed by atoms with Crippen LogP contribution in [0.3, 0.4) is 0 Å². The van der Waals surface area contributed by atoms with Gasteiger partial charge in [-0.15, -0.1) is 0 Å². The normalized spacial score (nSPS) is 9.93. The highest BCUT2D eigenvalue weighted by Crippen LogP contribution is 1.92. The lowest BCUT2D eigenvalue weighted by molar-refractivity contribution is -0.687. The van der Waals surface area contributed by atoms with Gasteiger partial charge in [0.2, 0.25) is 5.91 Å². The van der Waals surface area contributed by atoms with Gasteiger partial charge in [-0.1, -0.05) is 22.0 Å². The number of alkyl halides is 1. The highest BCUT2D eigenvalue weighted by Gasteiger charge is 2.02. The molecule has 0 aliphatic rings. The van der Waals surface area contributed by atoms with Gasteiger partial charge < -0.3 is 22.7 Å². The van der Waals surface area contributed by atoms with Crippen molar-refractivity contribution in [3.63, 3.8) is 0 Å². The Kier molecular flexibility index (Phi) is 7.25. The number of carbonyl (C=O) groups excluding carboxylic acids is 1. The number of hydrogen-bond acceptors (Lipinski definition) is 1. The van der Waals surface area contributed by atoms with Gasteiger partial charge in [-0.3, -0.25) is 4.79 Å². The highest BCUT2D eigenvalue weighted by atomic mass is 79.9. The van der Waals surface area contributed by atoms with Crippen LogP contribution in [0.1, 0.15) is 10.4 Å². The van der Waals surface area contributed by atoms with Crippen molar-refractivity contribution in [3.05, 3.63) is 42.2 Å². The van der Waals surface area contributed by atoms with Crippen molar-refractivity contribution >= 4 is 21.8 Å². The monoisotopic (exact) mass is 334 g/mol. The quantitative estimate of drug-likeness (QED) is 0.387. The first-order chi connectivity index (χ1) is 6.74. The first-order valence-corrected chi connectivity index (χ1v) is 5.36. The van der Waals surface area contributed by atoms with Gasteiger partial charge in [-0.2, -0.15) is 0 Å². The molecule has 0 radical (unpaired) electrons. The number of hydrogen-bond donors (Lipinski definition) is 1. The van der Waals surface area contributed by atoms with E-state index >= 15 is 0 Å². The molecule has 1 amide bonds. The third-order valence-electron chi connectivity index (χ3n) is 1.75. The summed E-state index contributed by atoms with van der Waals surface area (Å²) >= 11 is 3.30. The van der Waals surface area contributed by atoms with E-state index in [1.807, 2.05) is 29.1 Å². The Morgan fingerprint density at radius 2 is 2.00 bits per heavy atom. The van der Waals surface area contributed by atoms with Crippen molar-refractivity contribution in [2.24, 2.45) is 5.73 Å². The minimum Gasteiger partial charge on any atom is -1.00 e. The first kappa shape index (κ1) is 14.3. The Balaban J connectivity index is 0.00000196. The molecule has 3 nitrogen and oxygen atoms in total. The van der Waals surface area contributed by atoms with Crippen LogP contribution >= 0.6 is 15.9 Å². The van der Waals surface area contributed by atoms with Crippen LogP contribution in [0.25, 0.3) is 0 Å². The minimum absolute atomic E-state index is 0. The fourth-order valence-corrected chi connectivity index (χ4v) is 1.27. The van der Waals surface area contributed by atoms with E-state index in [4.69, 9.17) is 5.73 Å². The van der Waals surface area contributed by atoms with E-state index in [0.29, 0.717) is 5.56 Å². The maximum atomic E-state index is 10.8. The predicted molar refractivity (Wildman–Crippen MR) is 58.1 cm³/mol. The fourth-order valence-electron chi connectivity index (χ4n) is 1.00. The second kappa shape index (κ2) is 7.59. The molecule has 1 heterocycles. The smallest absolute Gasteiger partial charge is 0.249 e. The second-order valence-electron chi connectivity index (χ2n) is 2.77. The van der Waals surface area contributed by atoms with Crippen molar-refractivity contribution in [1.82, 2.24) is 0 Å². The SMILES string of the molecule is NC(=O)c1cc[n+](C/C=C/CBr)cc1.[Br-]. The van der Waals surface area contributed by atoms with Gasteiger partial charge in [-0.05, 0) is 6.08 Å². The van der Waals surface area contributed by atoms with Crippen LogP contribution in [-0.4, -0.2) is 11.2 Å². The predicted octanol–water partition coefficient (Wildman–Crippen LogP) is -1.97. The summed E-state index contributed by atoms with van der Waals surface area (Å²) in [4.78, 5) is 10.8. The minimum atomic E-state index is -0.395. The average molecular weight is 336 g/mol. The Morgan fingerprint density at radius 1 is 1.40 bits per heavy atom. The Labute approximate surface area is 108 Å². The summed E-state index contributed by atoms with van der Waals surface area (Å²) in [6.45, 7) is 0.796. The molecular formula is C10H12Br2N2O. The topological polar surface area (TPSA) is 47.0 Å². The van der Waals surface area contributed by atoms with E-state index in [1.54, 1.807) is 12.1 Å². The largest absolute Gasteiger partial charge is 1.00 e. The number of allylic oxidation sites excluding steroid dienone is 2. The lowest BCUT2D eigenvalue weighted by Gasteiger charge is -1.93. The standard InChI is InChI=1S/C10H11BrN2O.BrH/c11-5-1-2-6-13-7-3-9(4-8-13)10(12)14;/h1-4,7-8H,5-6H2,(H-,12,14);1H/b2-1+;. The number of carbonyl (C=O) groups is 1. The number of amides is 1. The molecule has 1 aromatic heterocycles. The molecule has 0 saturated carbocycles. The zero-order valence-electron chi connectivity index (χ0n) is 8.07. The fraction of sp³-hybridized carbons (Fsp3) is 0.200. The van der Waals surface area contributed by atoms with Gasteiger partial charge in [0.05, 0.1) is 5.56 Å². The summed E-state index contributed by atoms with van der Waals surface area (Å²) < 4.78 is 1.96. The van der Waals surface area contributed by atoms with Gasteiger partial charge in [0.15, 0.2) is 18.9 Å². The van der Waals surface area contributed by atoms with E-state index in [9.17, 15) is 4.79 Å². The summed E-state index contributed by atoms with van der Waals surface area (Å²) in [7, 11) is 0.